The van der Waals surface area contributed by atoms with Crippen LogP contribution in [0.3, 0.4) is 0 Å². The molecule has 0 amide bonds. The number of ether oxygens (including phenoxy) is 2. The Balaban J connectivity index is 2.17. The smallest absolute Gasteiger partial charge is 0.309 e. The fourth-order valence-electron chi connectivity index (χ4n) is 1.44. The van der Waals surface area contributed by atoms with Crippen LogP contribution in [0.1, 0.15) is 19.3 Å². The standard InChI is InChI=1S/C12H19NO4/c1-13-10-2-4-11(5-3-10)16-8-6-12(15)17-9-7-14/h2,4,13-14H,3,5-9H2,1H3. The molecule has 2 N–H and O–H groups in total. The third-order valence-corrected chi connectivity index (χ3v) is 2.38. The van der Waals surface area contributed by atoms with Crippen molar-refractivity contribution in [3.63, 3.8) is 0 Å². The fraction of sp³-hybridized carbons (Fsp3) is 0.583. The molecule has 0 fully saturated rings. The van der Waals surface area contributed by atoms with E-state index in [4.69, 9.17) is 14.6 Å². The Morgan fingerprint density at radius 3 is 2.82 bits per heavy atom. The van der Waals surface area contributed by atoms with Crippen LogP contribution in [0, 0.1) is 0 Å². The van der Waals surface area contributed by atoms with E-state index in [-0.39, 0.29) is 25.6 Å². The van der Waals surface area contributed by atoms with Gasteiger partial charge in [-0.2, -0.15) is 0 Å². The van der Waals surface area contributed by atoms with Crippen LogP contribution in [0.15, 0.2) is 23.6 Å². The van der Waals surface area contributed by atoms with Gasteiger partial charge in [-0.25, -0.2) is 0 Å². The molecule has 0 aliphatic heterocycles. The van der Waals surface area contributed by atoms with Gasteiger partial charge in [0.15, 0.2) is 0 Å². The van der Waals surface area contributed by atoms with Gasteiger partial charge in [0.2, 0.25) is 0 Å². The third-order valence-electron chi connectivity index (χ3n) is 2.38. The molecule has 0 spiro atoms. The van der Waals surface area contributed by atoms with Crippen molar-refractivity contribution in [1.29, 1.82) is 0 Å². The quantitative estimate of drug-likeness (QED) is 0.642. The van der Waals surface area contributed by atoms with Gasteiger partial charge in [-0.15, -0.1) is 0 Å². The molecule has 0 heterocycles. The van der Waals surface area contributed by atoms with Crippen LogP contribution in [0.5, 0.6) is 0 Å². The lowest BCUT2D eigenvalue weighted by Crippen LogP contribution is -2.12. The highest BCUT2D eigenvalue weighted by Gasteiger charge is 2.07. The molecule has 17 heavy (non-hydrogen) atoms. The molecular formula is C12H19NO4. The Bertz CT molecular complexity index is 310. The summed E-state index contributed by atoms with van der Waals surface area (Å²) in [5.41, 5.74) is 1.18. The number of aliphatic hydroxyl groups is 1. The van der Waals surface area contributed by atoms with E-state index in [9.17, 15) is 4.79 Å². The molecule has 1 rings (SSSR count). The van der Waals surface area contributed by atoms with Crippen LogP contribution >= 0.6 is 0 Å². The summed E-state index contributed by atoms with van der Waals surface area (Å²) in [4.78, 5) is 11.1. The van der Waals surface area contributed by atoms with Gasteiger partial charge in [-0.05, 0) is 18.6 Å². The topological polar surface area (TPSA) is 67.8 Å². The predicted molar refractivity (Wildman–Crippen MR) is 63.1 cm³/mol. The maximum Gasteiger partial charge on any atom is 0.309 e. The number of carbonyl (C=O) groups excluding carboxylic acids is 1. The van der Waals surface area contributed by atoms with Crippen molar-refractivity contribution in [2.45, 2.75) is 19.3 Å². The number of aliphatic hydroxyl groups excluding tert-OH is 1. The minimum absolute atomic E-state index is 0.0514. The van der Waals surface area contributed by atoms with E-state index in [2.05, 4.69) is 5.32 Å². The SMILES string of the molecule is CNC1=CC=C(OCCC(=O)OCCO)CC1. The van der Waals surface area contributed by atoms with Crippen molar-refractivity contribution in [3.8, 4) is 0 Å². The lowest BCUT2D eigenvalue weighted by Gasteiger charge is -2.15. The van der Waals surface area contributed by atoms with Crippen molar-refractivity contribution in [2.24, 2.45) is 0 Å². The average molecular weight is 241 g/mol. The van der Waals surface area contributed by atoms with Crippen molar-refractivity contribution in [3.05, 3.63) is 23.6 Å². The molecule has 96 valence electrons. The second kappa shape index (κ2) is 7.73. The zero-order chi connectivity index (χ0) is 12.5. The van der Waals surface area contributed by atoms with Crippen molar-refractivity contribution < 1.29 is 19.4 Å². The van der Waals surface area contributed by atoms with Gasteiger partial charge in [0, 0.05) is 19.2 Å². The summed E-state index contributed by atoms with van der Waals surface area (Å²) >= 11 is 0. The largest absolute Gasteiger partial charge is 0.497 e. The van der Waals surface area contributed by atoms with Crippen molar-refractivity contribution in [2.75, 3.05) is 26.9 Å². The van der Waals surface area contributed by atoms with Gasteiger partial charge in [-0.1, -0.05) is 0 Å². The van der Waals surface area contributed by atoms with E-state index in [1.165, 1.54) is 5.70 Å². The van der Waals surface area contributed by atoms with E-state index in [0.29, 0.717) is 6.61 Å². The molecule has 5 nitrogen and oxygen atoms in total. The van der Waals surface area contributed by atoms with Crippen LogP contribution in [0.2, 0.25) is 0 Å². The molecular weight excluding hydrogens is 222 g/mol. The summed E-state index contributed by atoms with van der Waals surface area (Å²) in [6.07, 6.45) is 5.87. The van der Waals surface area contributed by atoms with Crippen LogP contribution < -0.4 is 5.32 Å². The van der Waals surface area contributed by atoms with Crippen molar-refractivity contribution >= 4 is 5.97 Å². The maximum atomic E-state index is 11.1. The molecule has 0 bridgehead atoms. The summed E-state index contributed by atoms with van der Waals surface area (Å²) in [5.74, 6) is 0.542. The number of esters is 1. The van der Waals surface area contributed by atoms with Crippen LogP contribution in [-0.2, 0) is 14.3 Å². The highest BCUT2D eigenvalue weighted by atomic mass is 16.5. The molecule has 0 saturated carbocycles. The summed E-state index contributed by atoms with van der Waals surface area (Å²) in [7, 11) is 1.89. The van der Waals surface area contributed by atoms with Gasteiger partial charge in [0.25, 0.3) is 0 Å². The van der Waals surface area contributed by atoms with Gasteiger partial charge in [0.05, 0.1) is 25.4 Å². The first-order valence-corrected chi connectivity index (χ1v) is 5.73. The van der Waals surface area contributed by atoms with Crippen LogP contribution in [0.4, 0.5) is 0 Å². The number of hydrogen-bond donors (Lipinski definition) is 2. The lowest BCUT2D eigenvalue weighted by molar-refractivity contribution is -0.145. The normalized spacial score (nSPS) is 14.7. The minimum atomic E-state index is -0.345. The average Bonchev–Trinajstić information content (AvgIpc) is 2.37. The molecule has 0 radical (unpaired) electrons. The summed E-state index contributed by atoms with van der Waals surface area (Å²) < 4.78 is 10.2. The van der Waals surface area contributed by atoms with Gasteiger partial charge in [-0.3, -0.25) is 4.79 Å². The van der Waals surface area contributed by atoms with E-state index in [0.717, 1.165) is 18.6 Å². The van der Waals surface area contributed by atoms with Gasteiger partial charge >= 0.3 is 5.97 Å². The van der Waals surface area contributed by atoms with Crippen molar-refractivity contribution in [1.82, 2.24) is 5.32 Å². The number of hydrogen-bond acceptors (Lipinski definition) is 5. The van der Waals surface area contributed by atoms with E-state index in [1.54, 1.807) is 0 Å². The van der Waals surface area contributed by atoms with E-state index < -0.39 is 0 Å². The minimum Gasteiger partial charge on any atom is -0.497 e. The number of rotatable bonds is 7. The lowest BCUT2D eigenvalue weighted by atomic mass is 10.1. The van der Waals surface area contributed by atoms with E-state index in [1.807, 2.05) is 19.2 Å². The van der Waals surface area contributed by atoms with Gasteiger partial charge < -0.3 is 19.9 Å². The Kier molecular flexibility index (Phi) is 6.17. The molecule has 0 aromatic rings. The Hall–Kier alpha value is -1.49. The monoisotopic (exact) mass is 241 g/mol. The zero-order valence-corrected chi connectivity index (χ0v) is 10.1. The first-order chi connectivity index (χ1) is 8.26. The Morgan fingerprint density at radius 1 is 1.41 bits per heavy atom. The number of nitrogens with one attached hydrogen (secondary N) is 1. The second-order valence-corrected chi connectivity index (χ2v) is 3.62. The third kappa shape index (κ3) is 5.40. The highest BCUT2D eigenvalue weighted by Crippen LogP contribution is 2.17. The van der Waals surface area contributed by atoms with Crippen LogP contribution in [0.25, 0.3) is 0 Å². The molecule has 0 saturated heterocycles. The molecule has 1 aliphatic rings. The summed E-state index contributed by atoms with van der Waals surface area (Å²) in [6.45, 7) is 0.226. The molecule has 0 aromatic heterocycles. The first kappa shape index (κ1) is 13.6. The molecule has 0 aromatic carbocycles. The summed E-state index contributed by atoms with van der Waals surface area (Å²) in [6, 6.07) is 0. The Labute approximate surface area is 101 Å². The molecule has 5 heteroatoms. The number of carbonyl (C=O) groups is 1. The fourth-order valence-corrected chi connectivity index (χ4v) is 1.44. The maximum absolute atomic E-state index is 11.1. The first-order valence-electron chi connectivity index (χ1n) is 5.73. The summed E-state index contributed by atoms with van der Waals surface area (Å²) in [5, 5.41) is 11.5. The zero-order valence-electron chi connectivity index (χ0n) is 10.1. The highest BCUT2D eigenvalue weighted by molar-refractivity contribution is 5.69. The molecule has 0 unspecified atom stereocenters. The number of allylic oxidation sites excluding steroid dienone is 4. The van der Waals surface area contributed by atoms with E-state index >= 15 is 0 Å². The Morgan fingerprint density at radius 2 is 2.24 bits per heavy atom. The van der Waals surface area contributed by atoms with Gasteiger partial charge in [0.1, 0.15) is 6.61 Å². The second-order valence-electron chi connectivity index (χ2n) is 3.62. The predicted octanol–water partition coefficient (Wildman–Crippen LogP) is 0.710. The van der Waals surface area contributed by atoms with Crippen LogP contribution in [-0.4, -0.2) is 37.9 Å². The molecule has 0 atom stereocenters. The molecule has 1 aliphatic carbocycles.